The summed E-state index contributed by atoms with van der Waals surface area (Å²) in [6.07, 6.45) is 77.3. The molecule has 7 unspecified atom stereocenters. The monoisotopic (exact) mass is 1260 g/mol. The highest BCUT2D eigenvalue weighted by molar-refractivity contribution is 5.76. The number of carbonyl (C=O) groups excluding carboxylic acids is 2. The standard InChI is InChI=1S/C78H147NO10/c1-3-5-7-9-11-13-15-16-38-41-45-48-52-56-60-64-71(81)70(69-88-78-77(86)76(85)75(84)72(68-80)89-78)79-73(82)65-61-57-53-49-46-42-39-36-34-32-30-28-26-24-22-20-18-17-19-21-23-25-27-29-31-33-35-37-40-43-47-51-55-59-63-67-87-74(83)66-62-58-54-50-44-14-12-10-8-6-4-2/h19,21,45,48,60,64,70-72,75-78,80-81,84-86H,3-18,20,22-44,46-47,49-59,61-63,65-69H2,1-2H3,(H,79,82)/b21-19-,48-45+,64-60+. The fraction of sp³-hybridized carbons (Fsp3) is 0.897. The van der Waals surface area contributed by atoms with Crippen LogP contribution in [0.25, 0.3) is 0 Å². The molecule has 0 aromatic carbocycles. The second-order valence-corrected chi connectivity index (χ2v) is 27.1. The number of rotatable bonds is 69. The Labute approximate surface area is 549 Å². The number of aliphatic hydroxyl groups excluding tert-OH is 5. The van der Waals surface area contributed by atoms with Gasteiger partial charge >= 0.3 is 5.97 Å². The van der Waals surface area contributed by atoms with E-state index in [-0.39, 0.29) is 18.5 Å². The van der Waals surface area contributed by atoms with Crippen molar-refractivity contribution < 1.29 is 49.3 Å². The maximum Gasteiger partial charge on any atom is 0.305 e. The van der Waals surface area contributed by atoms with Crippen molar-refractivity contribution in [1.82, 2.24) is 5.32 Å². The van der Waals surface area contributed by atoms with Crippen molar-refractivity contribution in [1.29, 1.82) is 0 Å². The van der Waals surface area contributed by atoms with Crippen LogP contribution < -0.4 is 5.32 Å². The van der Waals surface area contributed by atoms with Crippen LogP contribution in [0.3, 0.4) is 0 Å². The van der Waals surface area contributed by atoms with Crippen LogP contribution in [0.5, 0.6) is 0 Å². The molecule has 0 saturated carbocycles. The van der Waals surface area contributed by atoms with E-state index in [9.17, 15) is 35.1 Å². The predicted octanol–water partition coefficient (Wildman–Crippen LogP) is 20.5. The maximum absolute atomic E-state index is 13.1. The van der Waals surface area contributed by atoms with Gasteiger partial charge in [0, 0.05) is 12.8 Å². The molecule has 0 radical (unpaired) electrons. The van der Waals surface area contributed by atoms with Crippen LogP contribution >= 0.6 is 0 Å². The van der Waals surface area contributed by atoms with Crippen molar-refractivity contribution in [2.75, 3.05) is 19.8 Å². The Balaban J connectivity index is 1.95. The van der Waals surface area contributed by atoms with Gasteiger partial charge in [-0.05, 0) is 70.6 Å². The summed E-state index contributed by atoms with van der Waals surface area (Å²) in [4.78, 5) is 25.1. The zero-order valence-electron chi connectivity index (χ0n) is 58.4. The third-order valence-corrected chi connectivity index (χ3v) is 18.5. The third kappa shape index (κ3) is 56.0. The van der Waals surface area contributed by atoms with Crippen molar-refractivity contribution in [3.05, 3.63) is 36.5 Å². The molecule has 1 saturated heterocycles. The van der Waals surface area contributed by atoms with Gasteiger partial charge in [0.25, 0.3) is 0 Å². The zero-order valence-corrected chi connectivity index (χ0v) is 58.4. The minimum Gasteiger partial charge on any atom is -0.466 e. The summed E-state index contributed by atoms with van der Waals surface area (Å²) in [7, 11) is 0. The Hall–Kier alpha value is -2.12. The Morgan fingerprint density at radius 1 is 0.404 bits per heavy atom. The molecular formula is C78H147NO10. The minimum absolute atomic E-state index is 0.0136. The summed E-state index contributed by atoms with van der Waals surface area (Å²) in [6.45, 7) is 4.37. The molecule has 7 atom stereocenters. The van der Waals surface area contributed by atoms with Crippen LogP contribution in [0.4, 0.5) is 0 Å². The first kappa shape index (κ1) is 84.9. The van der Waals surface area contributed by atoms with Gasteiger partial charge in [0.05, 0.1) is 32.0 Å². The van der Waals surface area contributed by atoms with Gasteiger partial charge in [0.1, 0.15) is 24.4 Å². The van der Waals surface area contributed by atoms with E-state index in [2.05, 4.69) is 43.5 Å². The van der Waals surface area contributed by atoms with Crippen molar-refractivity contribution in [2.24, 2.45) is 0 Å². The predicted molar refractivity (Wildman–Crippen MR) is 375 cm³/mol. The molecule has 0 bridgehead atoms. The van der Waals surface area contributed by atoms with Gasteiger partial charge in [0.2, 0.25) is 5.91 Å². The van der Waals surface area contributed by atoms with Gasteiger partial charge < -0.3 is 45.1 Å². The second-order valence-electron chi connectivity index (χ2n) is 27.1. The Kier molecular flexibility index (Phi) is 64.2. The molecule has 1 aliphatic heterocycles. The molecule has 0 aromatic heterocycles. The normalized spacial score (nSPS) is 17.9. The van der Waals surface area contributed by atoms with E-state index in [1.807, 2.05) is 6.08 Å². The number of ether oxygens (including phenoxy) is 3. The molecule has 89 heavy (non-hydrogen) atoms. The molecule has 524 valence electrons. The SMILES string of the molecule is CCCCCCCCCCC/C=C/CC/C=C/C(O)C(COC1OC(CO)C(O)C(O)C1O)NC(=O)CCCCCCCCCCCCCCCCCCC/C=C\CCCCCCCCCCCCCCCCOC(=O)CCCCCCCCCCCCC. The summed E-state index contributed by atoms with van der Waals surface area (Å²) in [5.74, 6) is -0.172. The van der Waals surface area contributed by atoms with Crippen LogP contribution in [0.1, 0.15) is 386 Å². The van der Waals surface area contributed by atoms with E-state index in [0.29, 0.717) is 19.4 Å². The van der Waals surface area contributed by atoms with E-state index >= 15 is 0 Å². The van der Waals surface area contributed by atoms with Crippen molar-refractivity contribution in [2.45, 2.75) is 429 Å². The lowest BCUT2D eigenvalue weighted by Gasteiger charge is -2.40. The molecule has 0 aliphatic carbocycles. The first-order valence-electron chi connectivity index (χ1n) is 38.8. The Morgan fingerprint density at radius 3 is 1.11 bits per heavy atom. The van der Waals surface area contributed by atoms with E-state index in [1.54, 1.807) is 6.08 Å². The number of unbranched alkanes of at least 4 members (excludes halogenated alkanes) is 51. The number of hydrogen-bond donors (Lipinski definition) is 6. The second kappa shape index (κ2) is 67.3. The molecule has 0 aromatic rings. The maximum atomic E-state index is 13.1. The third-order valence-electron chi connectivity index (χ3n) is 18.5. The fourth-order valence-corrected chi connectivity index (χ4v) is 12.4. The number of hydrogen-bond acceptors (Lipinski definition) is 10. The van der Waals surface area contributed by atoms with Crippen LogP contribution in [0.15, 0.2) is 36.5 Å². The van der Waals surface area contributed by atoms with Gasteiger partial charge in [-0.15, -0.1) is 0 Å². The van der Waals surface area contributed by atoms with Gasteiger partial charge in [-0.25, -0.2) is 0 Å². The molecular weight excluding hydrogens is 1110 g/mol. The Morgan fingerprint density at radius 2 is 0.730 bits per heavy atom. The summed E-state index contributed by atoms with van der Waals surface area (Å²) in [5, 5.41) is 54.6. The van der Waals surface area contributed by atoms with Crippen LogP contribution in [-0.4, -0.2) is 100 Å². The summed E-state index contributed by atoms with van der Waals surface area (Å²) < 4.78 is 16.8. The van der Waals surface area contributed by atoms with Gasteiger partial charge in [-0.1, -0.05) is 339 Å². The number of allylic oxidation sites excluding steroid dienone is 5. The van der Waals surface area contributed by atoms with E-state index in [4.69, 9.17) is 14.2 Å². The van der Waals surface area contributed by atoms with E-state index in [1.165, 1.54) is 308 Å². The van der Waals surface area contributed by atoms with Crippen molar-refractivity contribution in [3.8, 4) is 0 Å². The highest BCUT2D eigenvalue weighted by atomic mass is 16.7. The lowest BCUT2D eigenvalue weighted by molar-refractivity contribution is -0.302. The van der Waals surface area contributed by atoms with Gasteiger partial charge in [-0.3, -0.25) is 9.59 Å². The quantitative estimate of drug-likeness (QED) is 0.0195. The summed E-state index contributed by atoms with van der Waals surface area (Å²) >= 11 is 0. The summed E-state index contributed by atoms with van der Waals surface area (Å²) in [6, 6.07) is -0.825. The van der Waals surface area contributed by atoms with Crippen LogP contribution in [-0.2, 0) is 23.8 Å². The Bertz CT molecular complexity index is 1570. The topological polar surface area (TPSA) is 175 Å². The molecule has 1 amide bonds. The molecule has 1 rings (SSSR count). The largest absolute Gasteiger partial charge is 0.466 e. The number of esters is 1. The van der Waals surface area contributed by atoms with E-state index < -0.39 is 49.5 Å². The van der Waals surface area contributed by atoms with Gasteiger partial charge in [0.15, 0.2) is 6.29 Å². The number of carbonyl (C=O) groups is 2. The molecule has 6 N–H and O–H groups in total. The lowest BCUT2D eigenvalue weighted by atomic mass is 9.99. The smallest absolute Gasteiger partial charge is 0.305 e. The lowest BCUT2D eigenvalue weighted by Crippen LogP contribution is -2.60. The summed E-state index contributed by atoms with van der Waals surface area (Å²) in [5.41, 5.74) is 0. The highest BCUT2D eigenvalue weighted by Crippen LogP contribution is 2.24. The van der Waals surface area contributed by atoms with Crippen molar-refractivity contribution >= 4 is 11.9 Å². The van der Waals surface area contributed by atoms with Crippen molar-refractivity contribution in [3.63, 3.8) is 0 Å². The first-order chi connectivity index (χ1) is 43.7. The molecule has 11 heteroatoms. The first-order valence-corrected chi connectivity index (χ1v) is 38.8. The zero-order chi connectivity index (χ0) is 64.4. The number of aliphatic hydroxyl groups is 5. The van der Waals surface area contributed by atoms with Crippen LogP contribution in [0.2, 0.25) is 0 Å². The highest BCUT2D eigenvalue weighted by Gasteiger charge is 2.44. The average molecular weight is 1260 g/mol. The molecule has 1 aliphatic rings. The number of amides is 1. The fourth-order valence-electron chi connectivity index (χ4n) is 12.4. The molecule has 0 spiro atoms. The number of nitrogens with one attached hydrogen (secondary N) is 1. The minimum atomic E-state index is -1.58. The van der Waals surface area contributed by atoms with E-state index in [0.717, 1.165) is 51.4 Å². The molecule has 1 heterocycles. The average Bonchev–Trinajstić information content (AvgIpc) is 2.74. The molecule has 11 nitrogen and oxygen atoms in total. The molecule has 1 fully saturated rings. The van der Waals surface area contributed by atoms with Crippen LogP contribution in [0, 0.1) is 0 Å². The van der Waals surface area contributed by atoms with Gasteiger partial charge in [-0.2, -0.15) is 0 Å².